The molecule has 1 fully saturated rings. The third-order valence-corrected chi connectivity index (χ3v) is 5.12. The lowest BCUT2D eigenvalue weighted by Crippen LogP contribution is -2.51. The van der Waals surface area contributed by atoms with Crippen molar-refractivity contribution in [2.75, 3.05) is 51.1 Å². The number of carbonyl (C=O) groups is 3. The summed E-state index contributed by atoms with van der Waals surface area (Å²) >= 11 is 0. The molecule has 0 aromatic heterocycles. The predicted octanol–water partition coefficient (Wildman–Crippen LogP) is 1.78. The van der Waals surface area contributed by atoms with Crippen LogP contribution >= 0.6 is 0 Å². The van der Waals surface area contributed by atoms with Gasteiger partial charge in [0.1, 0.15) is 0 Å². The summed E-state index contributed by atoms with van der Waals surface area (Å²) in [6, 6.07) is 16.1. The van der Waals surface area contributed by atoms with E-state index in [2.05, 4.69) is 27.0 Å². The first-order valence-corrected chi connectivity index (χ1v) is 10.4. The Labute approximate surface area is 182 Å². The number of anilines is 1. The Morgan fingerprint density at radius 3 is 2.06 bits per heavy atom. The van der Waals surface area contributed by atoms with Gasteiger partial charge in [0.2, 0.25) is 11.8 Å². The van der Waals surface area contributed by atoms with Crippen molar-refractivity contribution < 1.29 is 14.4 Å². The fourth-order valence-corrected chi connectivity index (χ4v) is 3.48. The van der Waals surface area contributed by atoms with E-state index in [4.69, 9.17) is 0 Å². The number of rotatable bonds is 9. The van der Waals surface area contributed by atoms with Crippen LogP contribution < -0.4 is 10.6 Å². The minimum absolute atomic E-state index is 0.0224. The molecule has 1 aliphatic rings. The summed E-state index contributed by atoms with van der Waals surface area (Å²) in [5.74, 6) is -0.309. The molecule has 0 aliphatic carbocycles. The molecule has 7 nitrogen and oxygen atoms in total. The first-order valence-electron chi connectivity index (χ1n) is 10.4. The quantitative estimate of drug-likeness (QED) is 0.477. The maximum Gasteiger partial charge on any atom is 0.238 e. The van der Waals surface area contributed by atoms with E-state index in [1.54, 1.807) is 42.5 Å². The summed E-state index contributed by atoms with van der Waals surface area (Å²) in [4.78, 5) is 41.4. The molecule has 0 bridgehead atoms. The van der Waals surface area contributed by atoms with Gasteiger partial charge in [-0.05, 0) is 12.1 Å². The van der Waals surface area contributed by atoms with E-state index in [1.165, 1.54) is 0 Å². The molecule has 1 heterocycles. The number of nitrogens with one attached hydrogen (secondary N) is 2. The van der Waals surface area contributed by atoms with Crippen LogP contribution in [0.1, 0.15) is 15.9 Å². The lowest BCUT2D eigenvalue weighted by Gasteiger charge is -2.33. The first kappa shape index (κ1) is 22.4. The molecule has 0 radical (unpaired) electrons. The summed E-state index contributed by atoms with van der Waals surface area (Å²) < 4.78 is 0. The second-order valence-electron chi connectivity index (χ2n) is 7.43. The highest BCUT2D eigenvalue weighted by Gasteiger charge is 2.21. The highest BCUT2D eigenvalue weighted by Crippen LogP contribution is 2.19. The normalized spacial score (nSPS) is 14.6. The van der Waals surface area contributed by atoms with Crippen LogP contribution in [0.2, 0.25) is 0 Å². The number of ketones is 1. The van der Waals surface area contributed by atoms with Gasteiger partial charge in [0.15, 0.2) is 5.78 Å². The van der Waals surface area contributed by atoms with Crippen LogP contribution in [0.3, 0.4) is 0 Å². The molecule has 162 valence electrons. The van der Waals surface area contributed by atoms with Crippen molar-refractivity contribution in [2.24, 2.45) is 0 Å². The molecule has 1 aliphatic heterocycles. The molecule has 1 saturated heterocycles. The molecule has 0 saturated carbocycles. The molecule has 2 amide bonds. The predicted molar refractivity (Wildman–Crippen MR) is 121 cm³/mol. The average Bonchev–Trinajstić information content (AvgIpc) is 2.79. The van der Waals surface area contributed by atoms with Gasteiger partial charge in [-0.25, -0.2) is 0 Å². The highest BCUT2D eigenvalue weighted by atomic mass is 16.2. The number of hydrogen-bond donors (Lipinski definition) is 2. The zero-order valence-corrected chi connectivity index (χ0v) is 17.5. The van der Waals surface area contributed by atoms with Crippen LogP contribution in [-0.2, 0) is 9.59 Å². The van der Waals surface area contributed by atoms with Crippen LogP contribution in [0, 0.1) is 0 Å². The Kier molecular flexibility index (Phi) is 8.09. The van der Waals surface area contributed by atoms with Gasteiger partial charge in [0, 0.05) is 43.9 Å². The van der Waals surface area contributed by atoms with Crippen LogP contribution in [0.25, 0.3) is 0 Å². The number of nitrogens with zero attached hydrogens (tertiary/aromatic N) is 2. The minimum Gasteiger partial charge on any atom is -0.352 e. The topological polar surface area (TPSA) is 81.8 Å². The van der Waals surface area contributed by atoms with Crippen molar-refractivity contribution in [3.63, 3.8) is 0 Å². The number of amides is 2. The zero-order valence-electron chi connectivity index (χ0n) is 17.5. The molecule has 0 spiro atoms. The summed E-state index contributed by atoms with van der Waals surface area (Å²) in [5.41, 5.74) is 1.56. The largest absolute Gasteiger partial charge is 0.352 e. The summed E-state index contributed by atoms with van der Waals surface area (Å²) in [6.45, 7) is 7.48. The molecular formula is C24H28N4O3. The molecule has 7 heteroatoms. The van der Waals surface area contributed by atoms with Gasteiger partial charge in [-0.3, -0.25) is 24.2 Å². The minimum atomic E-state index is -0.162. The van der Waals surface area contributed by atoms with Crippen molar-refractivity contribution in [1.82, 2.24) is 15.1 Å². The lowest BCUT2D eigenvalue weighted by atomic mass is 10.0. The van der Waals surface area contributed by atoms with E-state index >= 15 is 0 Å². The number of hydrogen-bond acceptors (Lipinski definition) is 5. The standard InChI is InChI=1S/C24H28N4O3/c1-2-12-25-22(29)17-27-13-15-28(16-14-27)18-23(30)26-21-11-7-6-10-20(21)24(31)19-8-4-3-5-9-19/h2-11H,1,12-18H2,(H,25,29)(H,26,30). The summed E-state index contributed by atoms with van der Waals surface area (Å²) in [5, 5.41) is 5.66. The van der Waals surface area contributed by atoms with E-state index in [9.17, 15) is 14.4 Å². The number of para-hydroxylation sites is 1. The van der Waals surface area contributed by atoms with Gasteiger partial charge in [0.25, 0.3) is 0 Å². The van der Waals surface area contributed by atoms with Crippen molar-refractivity contribution in [3.8, 4) is 0 Å². The van der Waals surface area contributed by atoms with Crippen LogP contribution in [0.5, 0.6) is 0 Å². The molecular weight excluding hydrogens is 392 g/mol. The molecule has 0 atom stereocenters. The summed E-state index contributed by atoms with van der Waals surface area (Å²) in [7, 11) is 0. The number of piperazine rings is 1. The number of carbonyl (C=O) groups excluding carboxylic acids is 3. The third-order valence-electron chi connectivity index (χ3n) is 5.12. The molecule has 31 heavy (non-hydrogen) atoms. The van der Waals surface area contributed by atoms with Crippen molar-refractivity contribution >= 4 is 23.3 Å². The maximum absolute atomic E-state index is 12.8. The Balaban J connectivity index is 1.51. The van der Waals surface area contributed by atoms with Gasteiger partial charge >= 0.3 is 0 Å². The average molecular weight is 421 g/mol. The Bertz CT molecular complexity index is 921. The van der Waals surface area contributed by atoms with Gasteiger partial charge in [-0.2, -0.15) is 0 Å². The second kappa shape index (κ2) is 11.2. The van der Waals surface area contributed by atoms with Crippen LogP contribution in [-0.4, -0.2) is 73.2 Å². The Morgan fingerprint density at radius 1 is 0.839 bits per heavy atom. The molecule has 2 aromatic carbocycles. The van der Waals surface area contributed by atoms with Crippen LogP contribution in [0.4, 0.5) is 5.69 Å². The van der Waals surface area contributed by atoms with Crippen molar-refractivity contribution in [3.05, 3.63) is 78.4 Å². The smallest absolute Gasteiger partial charge is 0.238 e. The first-order chi connectivity index (χ1) is 15.1. The Morgan fingerprint density at radius 2 is 1.42 bits per heavy atom. The fourth-order valence-electron chi connectivity index (χ4n) is 3.48. The Hall–Kier alpha value is -3.29. The SMILES string of the molecule is C=CCNC(=O)CN1CCN(CC(=O)Nc2ccccc2C(=O)c2ccccc2)CC1. The van der Waals surface area contributed by atoms with Crippen molar-refractivity contribution in [2.45, 2.75) is 0 Å². The molecule has 0 unspecified atom stereocenters. The lowest BCUT2D eigenvalue weighted by molar-refractivity contribution is -0.123. The zero-order chi connectivity index (χ0) is 22.1. The van der Waals surface area contributed by atoms with Gasteiger partial charge in [0.05, 0.1) is 18.8 Å². The summed E-state index contributed by atoms with van der Waals surface area (Å²) in [6.07, 6.45) is 1.65. The highest BCUT2D eigenvalue weighted by molar-refractivity contribution is 6.13. The number of benzene rings is 2. The molecule has 2 N–H and O–H groups in total. The second-order valence-corrected chi connectivity index (χ2v) is 7.43. The van der Waals surface area contributed by atoms with Crippen molar-refractivity contribution in [1.29, 1.82) is 0 Å². The van der Waals surface area contributed by atoms with E-state index in [0.29, 0.717) is 43.0 Å². The van der Waals surface area contributed by atoms with Gasteiger partial charge in [-0.15, -0.1) is 6.58 Å². The van der Waals surface area contributed by atoms with E-state index < -0.39 is 0 Å². The van der Waals surface area contributed by atoms with E-state index in [1.807, 2.05) is 18.2 Å². The van der Waals surface area contributed by atoms with Gasteiger partial charge in [-0.1, -0.05) is 48.5 Å². The monoisotopic (exact) mass is 420 g/mol. The van der Waals surface area contributed by atoms with Gasteiger partial charge < -0.3 is 10.6 Å². The van der Waals surface area contributed by atoms with Crippen LogP contribution in [0.15, 0.2) is 67.3 Å². The molecule has 2 aromatic rings. The van der Waals surface area contributed by atoms with E-state index in [0.717, 1.165) is 13.1 Å². The van der Waals surface area contributed by atoms with E-state index in [-0.39, 0.29) is 24.1 Å². The molecule has 3 rings (SSSR count). The maximum atomic E-state index is 12.8. The fraction of sp³-hybridized carbons (Fsp3) is 0.292. The third kappa shape index (κ3) is 6.60.